The zero-order valence-corrected chi connectivity index (χ0v) is 12.3. The predicted octanol–water partition coefficient (Wildman–Crippen LogP) is 2.68. The van der Waals surface area contributed by atoms with Crippen molar-refractivity contribution >= 4 is 10.9 Å². The van der Waals surface area contributed by atoms with E-state index in [1.165, 1.54) is 22.0 Å². The van der Waals surface area contributed by atoms with E-state index in [4.69, 9.17) is 0 Å². The summed E-state index contributed by atoms with van der Waals surface area (Å²) < 4.78 is 0. The highest BCUT2D eigenvalue weighted by Gasteiger charge is 2.40. The van der Waals surface area contributed by atoms with E-state index in [2.05, 4.69) is 40.9 Å². The SMILES string of the molecule is C=CCN1C[C@H](CO)CC2c3cccc4[nH]cc(c34)C[C@H]21. The normalized spacial score (nSPS) is 28.5. The third-order valence-corrected chi connectivity index (χ3v) is 5.28. The number of likely N-dealkylation sites (tertiary alicyclic amines) is 1. The van der Waals surface area contributed by atoms with Gasteiger partial charge >= 0.3 is 0 Å². The van der Waals surface area contributed by atoms with Crippen LogP contribution in [0.25, 0.3) is 10.9 Å². The van der Waals surface area contributed by atoms with E-state index in [0.717, 1.165) is 25.9 Å². The highest BCUT2D eigenvalue weighted by Crippen LogP contribution is 2.44. The van der Waals surface area contributed by atoms with E-state index < -0.39 is 0 Å². The Morgan fingerprint density at radius 1 is 1.43 bits per heavy atom. The van der Waals surface area contributed by atoms with E-state index in [0.29, 0.717) is 17.9 Å². The molecule has 3 atom stereocenters. The highest BCUT2D eigenvalue weighted by molar-refractivity contribution is 5.88. The van der Waals surface area contributed by atoms with Crippen LogP contribution in [0.15, 0.2) is 37.1 Å². The first-order valence-electron chi connectivity index (χ1n) is 7.86. The molecule has 0 bridgehead atoms. The van der Waals surface area contributed by atoms with Crippen molar-refractivity contribution in [2.45, 2.75) is 24.8 Å². The van der Waals surface area contributed by atoms with Crippen LogP contribution in [0.1, 0.15) is 23.5 Å². The molecule has 1 aromatic carbocycles. The maximum Gasteiger partial charge on any atom is 0.0471 e. The molecule has 3 nitrogen and oxygen atoms in total. The van der Waals surface area contributed by atoms with Crippen molar-refractivity contribution in [2.75, 3.05) is 19.7 Å². The lowest BCUT2D eigenvalue weighted by Crippen LogP contribution is -2.50. The Labute approximate surface area is 125 Å². The fourth-order valence-electron chi connectivity index (χ4n) is 4.41. The number of aliphatic hydroxyl groups is 1. The molecule has 110 valence electrons. The molecule has 4 rings (SSSR count). The first kappa shape index (κ1) is 13.1. The maximum atomic E-state index is 9.66. The second-order valence-corrected chi connectivity index (χ2v) is 6.49. The molecule has 0 saturated carbocycles. The number of aromatic nitrogens is 1. The summed E-state index contributed by atoms with van der Waals surface area (Å²) in [5, 5.41) is 11.1. The fourth-order valence-corrected chi connectivity index (χ4v) is 4.41. The molecule has 21 heavy (non-hydrogen) atoms. The Hall–Kier alpha value is -1.58. The molecule has 1 aliphatic heterocycles. The maximum absolute atomic E-state index is 9.66. The van der Waals surface area contributed by atoms with Crippen LogP contribution in [-0.4, -0.2) is 40.7 Å². The summed E-state index contributed by atoms with van der Waals surface area (Å²) in [5.74, 6) is 0.907. The van der Waals surface area contributed by atoms with Gasteiger partial charge in [0.05, 0.1) is 0 Å². The molecule has 1 aliphatic carbocycles. The van der Waals surface area contributed by atoms with Gasteiger partial charge in [-0.3, -0.25) is 4.90 Å². The number of fused-ring (bicyclic) bond motifs is 2. The van der Waals surface area contributed by atoms with E-state index in [1.807, 2.05) is 6.08 Å². The van der Waals surface area contributed by atoms with E-state index in [-0.39, 0.29) is 6.61 Å². The molecule has 1 aromatic heterocycles. The van der Waals surface area contributed by atoms with Crippen molar-refractivity contribution in [3.05, 3.63) is 48.2 Å². The topological polar surface area (TPSA) is 39.3 Å². The molecule has 2 N–H and O–H groups in total. The van der Waals surface area contributed by atoms with Gasteiger partial charge in [0.1, 0.15) is 0 Å². The monoisotopic (exact) mass is 282 g/mol. The van der Waals surface area contributed by atoms with Crippen molar-refractivity contribution in [3.63, 3.8) is 0 Å². The summed E-state index contributed by atoms with van der Waals surface area (Å²) in [6.07, 6.45) is 6.37. The third-order valence-electron chi connectivity index (χ3n) is 5.28. The van der Waals surface area contributed by atoms with E-state index in [9.17, 15) is 5.11 Å². The van der Waals surface area contributed by atoms with Gasteiger partial charge in [-0.2, -0.15) is 0 Å². The van der Waals surface area contributed by atoms with Gasteiger partial charge in [-0.15, -0.1) is 6.58 Å². The number of benzene rings is 1. The second kappa shape index (κ2) is 5.00. The summed E-state index contributed by atoms with van der Waals surface area (Å²) >= 11 is 0. The first-order valence-corrected chi connectivity index (χ1v) is 7.86. The number of piperidine rings is 1. The second-order valence-electron chi connectivity index (χ2n) is 6.49. The molecule has 0 spiro atoms. The summed E-state index contributed by atoms with van der Waals surface area (Å²) in [5.41, 5.74) is 4.16. The lowest BCUT2D eigenvalue weighted by molar-refractivity contribution is 0.0660. The van der Waals surface area contributed by atoms with Gasteiger partial charge in [0, 0.05) is 48.8 Å². The Morgan fingerprint density at radius 2 is 2.33 bits per heavy atom. The summed E-state index contributed by atoms with van der Waals surface area (Å²) in [6.45, 7) is 6.09. The summed E-state index contributed by atoms with van der Waals surface area (Å²) in [4.78, 5) is 5.92. The van der Waals surface area contributed by atoms with Gasteiger partial charge in [-0.05, 0) is 36.0 Å². The number of hydrogen-bond donors (Lipinski definition) is 2. The molecular weight excluding hydrogens is 260 g/mol. The number of H-pyrrole nitrogens is 1. The lowest BCUT2D eigenvalue weighted by atomic mass is 9.72. The van der Waals surface area contributed by atoms with Gasteiger partial charge in [-0.1, -0.05) is 18.2 Å². The summed E-state index contributed by atoms with van der Waals surface area (Å²) in [6, 6.07) is 7.14. The van der Waals surface area contributed by atoms with Crippen molar-refractivity contribution in [3.8, 4) is 0 Å². The average Bonchev–Trinajstić information content (AvgIpc) is 2.93. The molecule has 1 unspecified atom stereocenters. The Bertz CT molecular complexity index is 675. The predicted molar refractivity (Wildman–Crippen MR) is 85.5 cm³/mol. The van der Waals surface area contributed by atoms with Crippen LogP contribution in [0, 0.1) is 5.92 Å². The minimum Gasteiger partial charge on any atom is -0.396 e. The van der Waals surface area contributed by atoms with Gasteiger partial charge in [0.25, 0.3) is 0 Å². The number of nitrogens with zero attached hydrogens (tertiary/aromatic N) is 1. The summed E-state index contributed by atoms with van der Waals surface area (Å²) in [7, 11) is 0. The van der Waals surface area contributed by atoms with Crippen molar-refractivity contribution in [1.82, 2.24) is 9.88 Å². The molecule has 0 amide bonds. The molecule has 1 saturated heterocycles. The van der Waals surface area contributed by atoms with Gasteiger partial charge in [-0.25, -0.2) is 0 Å². The van der Waals surface area contributed by atoms with Gasteiger partial charge in [0.2, 0.25) is 0 Å². The number of hydrogen-bond acceptors (Lipinski definition) is 2. The minimum absolute atomic E-state index is 0.285. The van der Waals surface area contributed by atoms with Crippen molar-refractivity contribution in [2.24, 2.45) is 5.92 Å². The highest BCUT2D eigenvalue weighted by atomic mass is 16.3. The van der Waals surface area contributed by atoms with Gasteiger partial charge < -0.3 is 10.1 Å². The van der Waals surface area contributed by atoms with Crippen molar-refractivity contribution < 1.29 is 5.11 Å². The van der Waals surface area contributed by atoms with Crippen LogP contribution in [0.3, 0.4) is 0 Å². The Morgan fingerprint density at radius 3 is 3.14 bits per heavy atom. The smallest absolute Gasteiger partial charge is 0.0471 e. The van der Waals surface area contributed by atoms with E-state index >= 15 is 0 Å². The van der Waals surface area contributed by atoms with Gasteiger partial charge in [0.15, 0.2) is 0 Å². The third kappa shape index (κ3) is 1.95. The first-order chi connectivity index (χ1) is 10.3. The van der Waals surface area contributed by atoms with Crippen LogP contribution in [0.2, 0.25) is 0 Å². The van der Waals surface area contributed by atoms with Crippen LogP contribution in [-0.2, 0) is 6.42 Å². The molecule has 2 heterocycles. The largest absolute Gasteiger partial charge is 0.396 e. The molecule has 2 aromatic rings. The minimum atomic E-state index is 0.285. The number of aromatic amines is 1. The molecule has 2 aliphatic rings. The molecule has 0 radical (unpaired) electrons. The molecular formula is C18H22N2O. The standard InChI is InChI=1S/C18H22N2O/c1-2-6-20-10-12(11-21)7-15-14-4-3-5-16-18(14)13(9-19-16)8-17(15)20/h2-5,9,12,15,17,19,21H,1,6-8,10-11H2/t12-,15?,17-/m1/s1. The Balaban J connectivity index is 1.81. The Kier molecular flexibility index (Phi) is 3.12. The quantitative estimate of drug-likeness (QED) is 0.850. The zero-order chi connectivity index (χ0) is 14.4. The average molecular weight is 282 g/mol. The van der Waals surface area contributed by atoms with E-state index in [1.54, 1.807) is 0 Å². The van der Waals surface area contributed by atoms with Crippen LogP contribution in [0.4, 0.5) is 0 Å². The molecule has 3 heteroatoms. The fraction of sp³-hybridized carbons (Fsp3) is 0.444. The van der Waals surface area contributed by atoms with Crippen LogP contribution < -0.4 is 0 Å². The van der Waals surface area contributed by atoms with Crippen LogP contribution >= 0.6 is 0 Å². The number of nitrogens with one attached hydrogen (secondary N) is 1. The number of aliphatic hydroxyl groups excluding tert-OH is 1. The molecule has 1 fully saturated rings. The lowest BCUT2D eigenvalue weighted by Gasteiger charge is -2.46. The number of rotatable bonds is 3. The van der Waals surface area contributed by atoms with Crippen LogP contribution in [0.5, 0.6) is 0 Å². The van der Waals surface area contributed by atoms with Crippen molar-refractivity contribution in [1.29, 1.82) is 0 Å². The zero-order valence-electron chi connectivity index (χ0n) is 12.3.